The first-order valence-corrected chi connectivity index (χ1v) is 17.4. The summed E-state index contributed by atoms with van der Waals surface area (Å²) >= 11 is 0. The van der Waals surface area contributed by atoms with Crippen LogP contribution in [0.5, 0.6) is 0 Å². The Labute approximate surface area is 400 Å². The molecule has 0 amide bonds. The molecule has 0 fully saturated rings. The molecule has 6 aromatic rings. The molecule has 26 heteroatoms. The van der Waals surface area contributed by atoms with Crippen LogP contribution in [-0.2, 0) is 49.2 Å². The summed E-state index contributed by atoms with van der Waals surface area (Å²) in [6.07, 6.45) is 21.4. The molecule has 368 valence electrons. The van der Waals surface area contributed by atoms with Gasteiger partial charge in [0.15, 0.2) is 0 Å². The molecule has 66 heavy (non-hydrogen) atoms. The average Bonchev–Trinajstić information content (AvgIpc) is 3.25. The molecule has 0 aliphatic rings. The Bertz CT molecular complexity index is 1710. The van der Waals surface area contributed by atoms with Crippen molar-refractivity contribution >= 4 is 11.9 Å². The number of carboxylic acid groups (broad SMARTS) is 2. The topological polar surface area (TPSA) is 470 Å². The molecule has 6 heterocycles. The average molecular weight is 1030 g/mol. The monoisotopic (exact) mass is 1020 g/mol. The van der Waals surface area contributed by atoms with Crippen molar-refractivity contribution < 1.29 is 86.0 Å². The smallest absolute Gasteiger partial charge is 0.548 e. The normalized spacial score (nSPS) is 9.39. The van der Waals surface area contributed by atoms with Gasteiger partial charge in [-0.1, -0.05) is 27.7 Å². The number of aromatic nitrogens is 6. The molecule has 0 saturated carbocycles. The molecule has 13 N–H and O–H groups in total. The minimum atomic E-state index is -1.75. The number of carbonyl (C=O) groups is 2. The van der Waals surface area contributed by atoms with Crippen LogP contribution < -0.4 is 21.7 Å². The summed E-state index contributed by atoms with van der Waals surface area (Å²) in [6, 6.07) is 22.1. The predicted octanol–water partition coefficient (Wildman–Crippen LogP) is -0.00920. The summed E-state index contributed by atoms with van der Waals surface area (Å²) in [5.41, 5.74) is 17.2. The summed E-state index contributed by atoms with van der Waals surface area (Å²) in [7, 11) is 0. The van der Waals surface area contributed by atoms with E-state index in [1.54, 1.807) is 102 Å². The zero-order chi connectivity index (χ0) is 45.3. The zero-order valence-corrected chi connectivity index (χ0v) is 37.5. The van der Waals surface area contributed by atoms with E-state index in [-0.39, 0.29) is 67.9 Å². The van der Waals surface area contributed by atoms with Crippen molar-refractivity contribution in [3.05, 3.63) is 178 Å². The van der Waals surface area contributed by atoms with Gasteiger partial charge in [-0.25, -0.2) is 0 Å². The maximum Gasteiger partial charge on any atom is 2.00 e. The van der Waals surface area contributed by atoms with E-state index in [2.05, 4.69) is 29.9 Å². The number of carboxylic acids is 2. The molecule has 0 spiro atoms. The van der Waals surface area contributed by atoms with Gasteiger partial charge in [-0.2, -0.15) is 0 Å². The molecular weight excluding hydrogens is 972 g/mol. The fourth-order valence-corrected chi connectivity index (χ4v) is 3.81. The van der Waals surface area contributed by atoms with E-state index in [9.17, 15) is 19.8 Å². The van der Waals surface area contributed by atoms with Gasteiger partial charge in [0.05, 0.1) is 22.1 Å². The maximum absolute atomic E-state index is 9.90. The van der Waals surface area contributed by atoms with Crippen molar-refractivity contribution in [2.45, 2.75) is 39.8 Å². The quantitative estimate of drug-likeness (QED) is 0.0919. The third-order valence-corrected chi connectivity index (χ3v) is 7.06. The predicted molar refractivity (Wildman–Crippen MR) is 234 cm³/mol. The Morgan fingerprint density at radius 1 is 0.409 bits per heavy atom. The van der Waals surface area contributed by atoms with Crippen LogP contribution in [0, 0.1) is 42.5 Å². The Morgan fingerprint density at radius 3 is 0.576 bits per heavy atom. The van der Waals surface area contributed by atoms with E-state index < -0.39 is 34.2 Å². The van der Waals surface area contributed by atoms with E-state index in [1.165, 1.54) is 33.4 Å². The number of aliphatic carboxylic acids is 2. The molecule has 6 rings (SSSR count). The van der Waals surface area contributed by atoms with Gasteiger partial charge in [-0.15, -0.1) is 0 Å². The van der Waals surface area contributed by atoms with Crippen LogP contribution in [0.3, 0.4) is 0 Å². The molecule has 0 aromatic carbocycles. The Balaban J connectivity index is -0.000000125. The van der Waals surface area contributed by atoms with Gasteiger partial charge in [0, 0.05) is 86.4 Å². The standard InChI is InChI=1S/3C10H8N2.2C5H11NO2.2Cu.2NO3.4H2O/c3*1-5-11-6-2-9(1)10-3-7-12-8-4-10;2*1-3(2)4(6)5(7)8;;;2*2-1(3)4;;;;/h3*1-8H;2*3-4H,6H2,1-2H3,(H,7,8);;;;;4*1H2/q;;;;;2*+2;2*-1;;;;/p-1/t;;;2*4-;;;;;;;;/m...00......../s1. The number of pyridine rings is 6. The third kappa shape index (κ3) is 37.6. The summed E-state index contributed by atoms with van der Waals surface area (Å²) in [4.78, 5) is 60.0. The van der Waals surface area contributed by atoms with Crippen molar-refractivity contribution in [1.29, 1.82) is 0 Å². The largest absolute Gasteiger partial charge is 2.00 e. The van der Waals surface area contributed by atoms with Gasteiger partial charge in [-0.05, 0) is 118 Å². The zero-order valence-electron chi connectivity index (χ0n) is 35.7. The first-order valence-electron chi connectivity index (χ1n) is 17.4. The molecule has 0 aliphatic heterocycles. The minimum Gasteiger partial charge on any atom is -0.548 e. The minimum absolute atomic E-state index is 0. The number of hydrogen-bond donors (Lipinski definition) is 2. The van der Waals surface area contributed by atoms with E-state index in [0.29, 0.717) is 0 Å². The second-order valence-electron chi connectivity index (χ2n) is 12.0. The Hall–Kier alpha value is -6.96. The van der Waals surface area contributed by atoms with Crippen molar-refractivity contribution in [1.82, 2.24) is 29.9 Å². The van der Waals surface area contributed by atoms with Gasteiger partial charge < -0.3 is 83.8 Å². The van der Waals surface area contributed by atoms with Gasteiger partial charge in [0.25, 0.3) is 0 Å². The second-order valence-corrected chi connectivity index (χ2v) is 12.0. The van der Waals surface area contributed by atoms with Crippen LogP contribution in [0.25, 0.3) is 33.4 Å². The number of hydrogen-bond acceptors (Lipinski definition) is 18. The number of nitrogens with zero attached hydrogens (tertiary/aromatic N) is 8. The van der Waals surface area contributed by atoms with Crippen molar-refractivity contribution in [3.63, 3.8) is 0 Å². The van der Waals surface area contributed by atoms with E-state index in [1.807, 2.05) is 72.8 Å². The van der Waals surface area contributed by atoms with Gasteiger partial charge in [0.2, 0.25) is 0 Å². The first kappa shape index (κ1) is 73.4. The third-order valence-electron chi connectivity index (χ3n) is 7.06. The molecule has 24 nitrogen and oxygen atoms in total. The van der Waals surface area contributed by atoms with E-state index >= 15 is 0 Å². The van der Waals surface area contributed by atoms with Gasteiger partial charge in [0.1, 0.15) is 0 Å². The number of nitrogens with two attached hydrogens (primary N) is 2. The molecular formula is C40H53Cu2N10O14+. The number of carbonyl (C=O) groups excluding carboxylic acids is 2. The van der Waals surface area contributed by atoms with Crippen LogP contribution in [0.15, 0.2) is 147 Å². The molecule has 0 bridgehead atoms. The summed E-state index contributed by atoms with van der Waals surface area (Å²) in [5.74, 6) is -2.44. The maximum atomic E-state index is 9.90. The van der Waals surface area contributed by atoms with Crippen molar-refractivity contribution in [2.24, 2.45) is 23.3 Å². The molecule has 0 saturated heterocycles. The molecule has 0 unspecified atom stereocenters. The SMILES string of the molecule is CC(C)[C@H](N)C(=O)[O-].CC(C)[C@H](N)C(=O)[O-].O.O.O.O=[N+]([O-])[O-].O=[N+]([O-])[O-].[Cu+2].[Cu+2].[OH3+].c1cc(-c2ccncc2)ccn1.c1cc(-c2ccncc2)ccn1.c1cc(-c2ccncc2)ccn1. The van der Waals surface area contributed by atoms with Gasteiger partial charge >= 0.3 is 34.1 Å². The molecule has 6 aromatic heterocycles. The first-order chi connectivity index (χ1) is 28.5. The van der Waals surface area contributed by atoms with Crippen LogP contribution >= 0.6 is 0 Å². The summed E-state index contributed by atoms with van der Waals surface area (Å²) in [6.45, 7) is 6.95. The molecule has 0 aliphatic carbocycles. The number of rotatable bonds is 7. The van der Waals surface area contributed by atoms with Crippen LogP contribution in [0.2, 0.25) is 0 Å². The van der Waals surface area contributed by atoms with E-state index in [4.69, 9.17) is 42.1 Å². The summed E-state index contributed by atoms with van der Waals surface area (Å²) < 4.78 is 0. The van der Waals surface area contributed by atoms with Gasteiger partial charge in [-0.3, -0.25) is 29.9 Å². The van der Waals surface area contributed by atoms with Crippen molar-refractivity contribution in [3.8, 4) is 33.4 Å². The molecule has 2 radical (unpaired) electrons. The Morgan fingerprint density at radius 2 is 0.515 bits per heavy atom. The Kier molecular flexibility index (Phi) is 49.7. The van der Waals surface area contributed by atoms with Crippen LogP contribution in [0.1, 0.15) is 27.7 Å². The van der Waals surface area contributed by atoms with Crippen LogP contribution in [0.4, 0.5) is 0 Å². The van der Waals surface area contributed by atoms with E-state index in [0.717, 1.165) is 0 Å². The second kappa shape index (κ2) is 44.6. The fraction of sp³-hybridized carbons (Fsp3) is 0.200. The van der Waals surface area contributed by atoms with Crippen molar-refractivity contribution in [2.75, 3.05) is 0 Å². The molecule has 2 atom stereocenters. The fourth-order valence-electron chi connectivity index (χ4n) is 3.81. The summed E-state index contributed by atoms with van der Waals surface area (Å²) in [5, 5.41) is 49.3. The van der Waals surface area contributed by atoms with Crippen LogP contribution in [-0.4, -0.2) is 80.5 Å².